The lowest BCUT2D eigenvalue weighted by Crippen LogP contribution is -2.23. The SMILES string of the molecule is Cc1ccccc1CNS(=O)(=O)c1cc(CO)sc1C. The van der Waals surface area contributed by atoms with E-state index in [2.05, 4.69) is 4.72 Å². The van der Waals surface area contributed by atoms with Gasteiger partial charge in [-0.15, -0.1) is 11.3 Å². The van der Waals surface area contributed by atoms with Crippen LogP contribution in [0.4, 0.5) is 0 Å². The molecule has 0 unspecified atom stereocenters. The van der Waals surface area contributed by atoms with E-state index in [1.165, 1.54) is 17.4 Å². The molecular formula is C14H17NO3S2. The van der Waals surface area contributed by atoms with Gasteiger partial charge in [0.25, 0.3) is 0 Å². The van der Waals surface area contributed by atoms with Crippen LogP contribution in [0.1, 0.15) is 20.9 Å². The fourth-order valence-corrected chi connectivity index (χ4v) is 4.43. The number of sulfonamides is 1. The maximum Gasteiger partial charge on any atom is 0.241 e. The first-order chi connectivity index (χ1) is 9.44. The molecule has 20 heavy (non-hydrogen) atoms. The number of aryl methyl sites for hydroxylation is 2. The fraction of sp³-hybridized carbons (Fsp3) is 0.286. The van der Waals surface area contributed by atoms with E-state index in [4.69, 9.17) is 5.11 Å². The van der Waals surface area contributed by atoms with Gasteiger partial charge in [0.1, 0.15) is 0 Å². The van der Waals surface area contributed by atoms with Crippen molar-refractivity contribution in [1.29, 1.82) is 0 Å². The summed E-state index contributed by atoms with van der Waals surface area (Å²) in [6.45, 7) is 3.81. The molecule has 2 aromatic rings. The van der Waals surface area contributed by atoms with E-state index in [1.807, 2.05) is 31.2 Å². The lowest BCUT2D eigenvalue weighted by atomic mass is 10.1. The van der Waals surface area contributed by atoms with Crippen LogP contribution in [0, 0.1) is 13.8 Å². The van der Waals surface area contributed by atoms with Crippen LogP contribution in [-0.2, 0) is 23.2 Å². The molecule has 0 aliphatic carbocycles. The van der Waals surface area contributed by atoms with Gasteiger partial charge in [-0.2, -0.15) is 0 Å². The summed E-state index contributed by atoms with van der Waals surface area (Å²) < 4.78 is 27.2. The van der Waals surface area contributed by atoms with Crippen LogP contribution >= 0.6 is 11.3 Å². The molecule has 0 fully saturated rings. The molecule has 6 heteroatoms. The quantitative estimate of drug-likeness (QED) is 0.890. The van der Waals surface area contributed by atoms with Crippen molar-refractivity contribution in [3.8, 4) is 0 Å². The van der Waals surface area contributed by atoms with E-state index in [0.29, 0.717) is 9.75 Å². The molecule has 0 saturated carbocycles. The van der Waals surface area contributed by atoms with E-state index < -0.39 is 10.0 Å². The highest BCUT2D eigenvalue weighted by molar-refractivity contribution is 7.89. The molecule has 4 nitrogen and oxygen atoms in total. The van der Waals surface area contributed by atoms with Crippen LogP contribution in [0.25, 0.3) is 0 Å². The van der Waals surface area contributed by atoms with Crippen molar-refractivity contribution >= 4 is 21.4 Å². The van der Waals surface area contributed by atoms with E-state index in [1.54, 1.807) is 6.92 Å². The van der Waals surface area contributed by atoms with Crippen molar-refractivity contribution in [3.63, 3.8) is 0 Å². The van der Waals surface area contributed by atoms with Crippen LogP contribution in [0.3, 0.4) is 0 Å². The monoisotopic (exact) mass is 311 g/mol. The number of hydrogen-bond donors (Lipinski definition) is 2. The maximum atomic E-state index is 12.3. The first-order valence-corrected chi connectivity index (χ1v) is 8.48. The third kappa shape index (κ3) is 3.27. The molecule has 0 bridgehead atoms. The molecule has 0 atom stereocenters. The van der Waals surface area contributed by atoms with E-state index in [-0.39, 0.29) is 18.0 Å². The predicted octanol–water partition coefficient (Wildman–Crippen LogP) is 2.34. The molecule has 0 saturated heterocycles. The third-order valence-corrected chi connectivity index (χ3v) is 5.77. The van der Waals surface area contributed by atoms with Crippen molar-refractivity contribution in [2.75, 3.05) is 0 Å². The molecule has 108 valence electrons. The Morgan fingerprint density at radius 2 is 1.95 bits per heavy atom. The molecule has 0 spiro atoms. The molecule has 0 aliphatic rings. The van der Waals surface area contributed by atoms with Crippen molar-refractivity contribution < 1.29 is 13.5 Å². The fourth-order valence-electron chi connectivity index (χ4n) is 1.93. The average molecular weight is 311 g/mol. The first kappa shape index (κ1) is 15.2. The van der Waals surface area contributed by atoms with Gasteiger partial charge in [-0.3, -0.25) is 0 Å². The molecular weight excluding hydrogens is 294 g/mol. The highest BCUT2D eigenvalue weighted by atomic mass is 32.2. The zero-order chi connectivity index (χ0) is 14.8. The van der Waals surface area contributed by atoms with Gasteiger partial charge in [-0.05, 0) is 31.0 Å². The molecule has 2 N–H and O–H groups in total. The highest BCUT2D eigenvalue weighted by Crippen LogP contribution is 2.25. The average Bonchev–Trinajstić information content (AvgIpc) is 2.80. The lowest BCUT2D eigenvalue weighted by Gasteiger charge is -2.08. The first-order valence-electron chi connectivity index (χ1n) is 6.18. The Balaban J connectivity index is 2.19. The molecule has 0 amide bonds. The number of hydrogen-bond acceptors (Lipinski definition) is 4. The van der Waals surface area contributed by atoms with Crippen molar-refractivity contribution in [3.05, 3.63) is 51.2 Å². The second kappa shape index (κ2) is 6.05. The minimum atomic E-state index is -3.55. The van der Waals surface area contributed by atoms with Gasteiger partial charge in [0.2, 0.25) is 10.0 Å². The van der Waals surface area contributed by atoms with Crippen LogP contribution < -0.4 is 4.72 Å². The Kier molecular flexibility index (Phi) is 4.59. The second-order valence-corrected chi connectivity index (χ2v) is 7.62. The Morgan fingerprint density at radius 1 is 1.25 bits per heavy atom. The van der Waals surface area contributed by atoms with Crippen molar-refractivity contribution in [2.45, 2.75) is 31.9 Å². The Bertz CT molecular complexity index is 705. The summed E-state index contributed by atoms with van der Waals surface area (Å²) in [6, 6.07) is 9.18. The summed E-state index contributed by atoms with van der Waals surface area (Å²) in [4.78, 5) is 1.59. The Hall–Kier alpha value is -1.21. The molecule has 1 aromatic heterocycles. The largest absolute Gasteiger partial charge is 0.391 e. The van der Waals surface area contributed by atoms with E-state index >= 15 is 0 Å². The van der Waals surface area contributed by atoms with Gasteiger partial charge < -0.3 is 5.11 Å². The lowest BCUT2D eigenvalue weighted by molar-refractivity contribution is 0.285. The van der Waals surface area contributed by atoms with Gasteiger partial charge in [-0.25, -0.2) is 13.1 Å². The minimum Gasteiger partial charge on any atom is -0.391 e. The van der Waals surface area contributed by atoms with Crippen LogP contribution in [0.15, 0.2) is 35.2 Å². The van der Waals surface area contributed by atoms with Crippen molar-refractivity contribution in [2.24, 2.45) is 0 Å². The molecule has 1 aromatic carbocycles. The smallest absolute Gasteiger partial charge is 0.241 e. The van der Waals surface area contributed by atoms with E-state index in [0.717, 1.165) is 11.1 Å². The Labute approximate surface area is 123 Å². The highest BCUT2D eigenvalue weighted by Gasteiger charge is 2.19. The van der Waals surface area contributed by atoms with Crippen molar-refractivity contribution in [1.82, 2.24) is 4.72 Å². The van der Waals surface area contributed by atoms with Crippen LogP contribution in [0.2, 0.25) is 0 Å². The summed E-state index contributed by atoms with van der Waals surface area (Å²) in [5.74, 6) is 0. The number of aliphatic hydroxyl groups excluding tert-OH is 1. The maximum absolute atomic E-state index is 12.3. The normalized spacial score (nSPS) is 11.8. The predicted molar refractivity (Wildman–Crippen MR) is 80.2 cm³/mol. The number of benzene rings is 1. The van der Waals surface area contributed by atoms with Crippen LogP contribution in [-0.4, -0.2) is 13.5 Å². The zero-order valence-electron chi connectivity index (χ0n) is 11.4. The second-order valence-electron chi connectivity index (χ2n) is 4.54. The molecule has 0 radical (unpaired) electrons. The van der Waals surface area contributed by atoms with Gasteiger partial charge >= 0.3 is 0 Å². The summed E-state index contributed by atoms with van der Waals surface area (Å²) >= 11 is 1.30. The minimum absolute atomic E-state index is 0.140. The van der Waals surface area contributed by atoms with E-state index in [9.17, 15) is 8.42 Å². The zero-order valence-corrected chi connectivity index (χ0v) is 13.0. The summed E-state index contributed by atoms with van der Waals surface area (Å²) in [5, 5.41) is 9.08. The van der Waals surface area contributed by atoms with Crippen LogP contribution in [0.5, 0.6) is 0 Å². The number of rotatable bonds is 5. The van der Waals surface area contributed by atoms with Gasteiger partial charge in [0.05, 0.1) is 11.5 Å². The van der Waals surface area contributed by atoms with Gasteiger partial charge in [0.15, 0.2) is 0 Å². The summed E-state index contributed by atoms with van der Waals surface area (Å²) in [6.07, 6.45) is 0. The standard InChI is InChI=1S/C14H17NO3S2/c1-10-5-3-4-6-12(10)8-15-20(17,18)14-7-13(9-16)19-11(14)2/h3-7,15-16H,8-9H2,1-2H3. The topological polar surface area (TPSA) is 66.4 Å². The molecule has 1 heterocycles. The number of thiophene rings is 1. The number of aliphatic hydroxyl groups is 1. The number of nitrogens with one attached hydrogen (secondary N) is 1. The summed E-state index contributed by atoms with van der Waals surface area (Å²) in [7, 11) is -3.55. The summed E-state index contributed by atoms with van der Waals surface area (Å²) in [5.41, 5.74) is 2.00. The molecule has 0 aliphatic heterocycles. The van der Waals surface area contributed by atoms with Gasteiger partial charge in [-0.1, -0.05) is 24.3 Å². The Morgan fingerprint density at radius 3 is 2.55 bits per heavy atom. The van der Waals surface area contributed by atoms with Gasteiger partial charge in [0, 0.05) is 16.3 Å². The molecule has 2 rings (SSSR count). The third-order valence-electron chi connectivity index (χ3n) is 3.08.